The summed E-state index contributed by atoms with van der Waals surface area (Å²) >= 11 is 2.88. The van der Waals surface area contributed by atoms with Gasteiger partial charge in [-0.1, -0.05) is 0 Å². The Morgan fingerprint density at radius 2 is 1.00 bits per heavy atom. The number of rotatable bonds is 10. The fourth-order valence-electron chi connectivity index (χ4n) is 4.15. The van der Waals surface area contributed by atoms with Crippen LogP contribution < -0.4 is 15.9 Å². The number of hydrogen-bond acceptors (Lipinski definition) is 0. The molecule has 2 heteroatoms. The molecular formula is C28H32IP. The van der Waals surface area contributed by atoms with Gasteiger partial charge in [-0.3, -0.25) is 0 Å². The van der Waals surface area contributed by atoms with Crippen LogP contribution in [0.2, 0.25) is 0 Å². The Bertz CT molecular complexity index is 846. The fraction of sp³-hybridized carbons (Fsp3) is 0.214. The second-order valence-electron chi connectivity index (χ2n) is 7.67. The standard InChI is InChI=1S/C28H32IP/c1-2-3-4-5-6-7-8-18-25-30(29,26-19-12-9-13-20-26,27-21-14-10-15-22-27)28-23-16-11-17-24-28/h2-3,6-7,9-17,19-24H,4-5,8,18,25H2,1H3/b3-2-,7-6-. The summed E-state index contributed by atoms with van der Waals surface area (Å²) < 4.78 is -2.59. The molecule has 30 heavy (non-hydrogen) atoms. The zero-order valence-electron chi connectivity index (χ0n) is 17.8. The molecule has 0 aliphatic heterocycles. The van der Waals surface area contributed by atoms with Crippen molar-refractivity contribution in [2.24, 2.45) is 0 Å². The minimum atomic E-state index is -2.59. The summed E-state index contributed by atoms with van der Waals surface area (Å²) in [6.45, 7) is 2.09. The van der Waals surface area contributed by atoms with Crippen LogP contribution in [0.1, 0.15) is 32.6 Å². The molecule has 0 atom stereocenters. The molecule has 0 bridgehead atoms. The number of benzene rings is 3. The van der Waals surface area contributed by atoms with E-state index in [1.807, 2.05) is 0 Å². The predicted molar refractivity (Wildman–Crippen MR) is 146 cm³/mol. The van der Waals surface area contributed by atoms with Crippen molar-refractivity contribution >= 4 is 42.2 Å². The van der Waals surface area contributed by atoms with Gasteiger partial charge in [-0.15, -0.1) is 0 Å². The van der Waals surface area contributed by atoms with Crippen molar-refractivity contribution in [3.63, 3.8) is 0 Å². The van der Waals surface area contributed by atoms with E-state index in [4.69, 9.17) is 0 Å². The molecule has 0 heterocycles. The third-order valence-corrected chi connectivity index (χ3v) is 17.5. The Kier molecular flexibility index (Phi) is 8.48. The summed E-state index contributed by atoms with van der Waals surface area (Å²) in [4.78, 5) is 0. The molecule has 156 valence electrons. The zero-order valence-corrected chi connectivity index (χ0v) is 20.9. The van der Waals surface area contributed by atoms with Crippen molar-refractivity contribution in [3.8, 4) is 0 Å². The molecule has 0 spiro atoms. The van der Waals surface area contributed by atoms with E-state index >= 15 is 0 Å². The number of hydrogen-bond donors (Lipinski definition) is 0. The van der Waals surface area contributed by atoms with E-state index in [0.29, 0.717) is 0 Å². The first-order chi connectivity index (χ1) is 14.7. The normalized spacial score (nSPS) is 13.5. The van der Waals surface area contributed by atoms with Gasteiger partial charge in [0.15, 0.2) is 0 Å². The molecule has 0 saturated heterocycles. The monoisotopic (exact) mass is 526 g/mol. The molecule has 0 aromatic heterocycles. The van der Waals surface area contributed by atoms with Crippen LogP contribution in [0.15, 0.2) is 115 Å². The molecule has 0 radical (unpaired) electrons. The van der Waals surface area contributed by atoms with Gasteiger partial charge in [0, 0.05) is 0 Å². The molecule has 0 unspecified atom stereocenters. The van der Waals surface area contributed by atoms with Gasteiger partial charge in [-0.05, 0) is 0 Å². The SMILES string of the molecule is C/C=C\CC/C=C\CCCP(I)(c1ccccc1)(c1ccccc1)c1ccccc1. The molecule has 3 aromatic rings. The van der Waals surface area contributed by atoms with Crippen LogP contribution in [0.4, 0.5) is 0 Å². The van der Waals surface area contributed by atoms with Crippen LogP contribution in [0.3, 0.4) is 0 Å². The first-order valence-corrected chi connectivity index (χ1v) is 16.1. The predicted octanol–water partition coefficient (Wildman–Crippen LogP) is 7.56. The Morgan fingerprint density at radius 1 is 0.600 bits per heavy atom. The van der Waals surface area contributed by atoms with Crippen LogP contribution in [0.25, 0.3) is 0 Å². The molecule has 0 aliphatic rings. The van der Waals surface area contributed by atoms with Gasteiger partial charge in [0.1, 0.15) is 0 Å². The van der Waals surface area contributed by atoms with E-state index in [1.54, 1.807) is 0 Å². The van der Waals surface area contributed by atoms with Crippen LogP contribution in [-0.2, 0) is 0 Å². The van der Waals surface area contributed by atoms with E-state index in [0.717, 1.165) is 19.3 Å². The van der Waals surface area contributed by atoms with Crippen LogP contribution in [0, 0.1) is 0 Å². The van der Waals surface area contributed by atoms with Crippen molar-refractivity contribution in [2.75, 3.05) is 6.16 Å². The van der Waals surface area contributed by atoms with Crippen LogP contribution in [-0.4, -0.2) is 6.16 Å². The molecule has 0 nitrogen and oxygen atoms in total. The fourth-order valence-corrected chi connectivity index (χ4v) is 12.9. The Morgan fingerprint density at radius 3 is 1.43 bits per heavy atom. The first-order valence-electron chi connectivity index (χ1n) is 10.9. The van der Waals surface area contributed by atoms with Crippen LogP contribution in [0.5, 0.6) is 0 Å². The molecule has 0 fully saturated rings. The van der Waals surface area contributed by atoms with Crippen molar-refractivity contribution in [1.82, 2.24) is 0 Å². The molecule has 0 saturated carbocycles. The molecule has 0 amide bonds. The number of halogens is 1. The summed E-state index contributed by atoms with van der Waals surface area (Å²) in [5, 5.41) is 4.41. The quantitative estimate of drug-likeness (QED) is 0.111. The van der Waals surface area contributed by atoms with E-state index in [9.17, 15) is 0 Å². The second kappa shape index (κ2) is 11.1. The van der Waals surface area contributed by atoms with Gasteiger partial charge in [-0.2, -0.15) is 0 Å². The van der Waals surface area contributed by atoms with E-state index in [2.05, 4.69) is 144 Å². The average Bonchev–Trinajstić information content (AvgIpc) is 2.82. The molecule has 3 aromatic carbocycles. The molecule has 0 N–H and O–H groups in total. The van der Waals surface area contributed by atoms with Gasteiger partial charge in [0.25, 0.3) is 0 Å². The number of unbranched alkanes of at least 4 members (excludes halogenated alkanes) is 2. The maximum absolute atomic E-state index is 2.88. The average molecular weight is 526 g/mol. The summed E-state index contributed by atoms with van der Waals surface area (Å²) in [5.41, 5.74) is 0. The van der Waals surface area contributed by atoms with E-state index < -0.39 is 4.25 Å². The summed E-state index contributed by atoms with van der Waals surface area (Å²) in [5.74, 6) is 0. The Labute approximate surface area is 195 Å². The van der Waals surface area contributed by atoms with Crippen molar-refractivity contribution < 1.29 is 0 Å². The van der Waals surface area contributed by atoms with Gasteiger partial charge in [-0.25, -0.2) is 0 Å². The van der Waals surface area contributed by atoms with E-state index in [-0.39, 0.29) is 0 Å². The van der Waals surface area contributed by atoms with Gasteiger partial charge in [0.05, 0.1) is 0 Å². The van der Waals surface area contributed by atoms with Crippen molar-refractivity contribution in [3.05, 3.63) is 115 Å². The maximum atomic E-state index is 2.88. The third-order valence-electron chi connectivity index (χ3n) is 5.73. The number of allylic oxidation sites excluding steroid dienone is 4. The van der Waals surface area contributed by atoms with E-state index in [1.165, 1.54) is 28.5 Å². The third kappa shape index (κ3) is 4.95. The van der Waals surface area contributed by atoms with Gasteiger partial charge in [0.2, 0.25) is 0 Å². The van der Waals surface area contributed by atoms with Crippen molar-refractivity contribution in [2.45, 2.75) is 32.6 Å². The Hall–Kier alpha value is -1.70. The van der Waals surface area contributed by atoms with Gasteiger partial charge < -0.3 is 0 Å². The zero-order chi connectivity index (χ0) is 21.1. The molecule has 0 aliphatic carbocycles. The van der Waals surface area contributed by atoms with Crippen LogP contribution >= 0.6 is 26.3 Å². The molecular weight excluding hydrogens is 494 g/mol. The second-order valence-corrected chi connectivity index (χ2v) is 18.4. The first kappa shape index (κ1) is 23.0. The molecule has 3 rings (SSSR count). The van der Waals surface area contributed by atoms with Crippen molar-refractivity contribution in [1.29, 1.82) is 0 Å². The summed E-state index contributed by atoms with van der Waals surface area (Å²) in [6.07, 6.45) is 14.8. The summed E-state index contributed by atoms with van der Waals surface area (Å²) in [6, 6.07) is 33.6. The Balaban J connectivity index is 2.00. The summed E-state index contributed by atoms with van der Waals surface area (Å²) in [7, 11) is 0. The topological polar surface area (TPSA) is 0 Å². The minimum absolute atomic E-state index is 1.13. The van der Waals surface area contributed by atoms with Gasteiger partial charge >= 0.3 is 196 Å².